The summed E-state index contributed by atoms with van der Waals surface area (Å²) in [5.41, 5.74) is 1.74. The molecule has 0 aliphatic carbocycles. The molecule has 0 saturated heterocycles. The Morgan fingerprint density at radius 1 is 1.55 bits per heavy atom. The minimum absolute atomic E-state index is 0.583. The lowest BCUT2D eigenvalue weighted by atomic mass is 10.3. The third-order valence-corrected chi connectivity index (χ3v) is 1.32. The van der Waals surface area contributed by atoms with Gasteiger partial charge in [-0.3, -0.25) is 4.98 Å². The minimum atomic E-state index is 0.583. The molecule has 0 saturated carbocycles. The molecule has 0 atom stereocenters. The second-order valence-corrected chi connectivity index (χ2v) is 2.26. The Morgan fingerprint density at radius 3 is 3.00 bits per heavy atom. The van der Waals surface area contributed by atoms with Gasteiger partial charge in [-0.2, -0.15) is 0 Å². The fourth-order valence-corrected chi connectivity index (χ4v) is 0.816. The van der Waals surface area contributed by atoms with E-state index in [4.69, 9.17) is 4.74 Å². The summed E-state index contributed by atoms with van der Waals surface area (Å²) in [6.07, 6.45) is 0. The number of ether oxygens (including phenoxy) is 1. The van der Waals surface area contributed by atoms with E-state index < -0.39 is 0 Å². The number of hydrogen-bond acceptors (Lipinski definition) is 2. The van der Waals surface area contributed by atoms with Crippen LogP contribution in [0.3, 0.4) is 0 Å². The van der Waals surface area contributed by atoms with E-state index in [1.54, 1.807) is 0 Å². The van der Waals surface area contributed by atoms with Gasteiger partial charge in [-0.25, -0.2) is 0 Å². The van der Waals surface area contributed by atoms with Gasteiger partial charge in [0.2, 0.25) is 0 Å². The first-order valence-corrected chi connectivity index (χ1v) is 3.68. The molecule has 0 amide bonds. The number of rotatable bonds is 3. The summed E-state index contributed by atoms with van der Waals surface area (Å²) >= 11 is 0. The summed E-state index contributed by atoms with van der Waals surface area (Å²) in [7, 11) is 0. The highest BCUT2D eigenvalue weighted by molar-refractivity contribution is 5.12. The monoisotopic (exact) mass is 150 g/mol. The van der Waals surface area contributed by atoms with Crippen molar-refractivity contribution in [3.05, 3.63) is 36.5 Å². The first-order valence-electron chi connectivity index (χ1n) is 3.68. The summed E-state index contributed by atoms with van der Waals surface area (Å²) in [4.78, 5) is 4.17. The topological polar surface area (TPSA) is 22.1 Å². The van der Waals surface area contributed by atoms with E-state index in [-0.39, 0.29) is 0 Å². The van der Waals surface area contributed by atoms with E-state index in [0.29, 0.717) is 6.61 Å². The molecule has 0 fully saturated rings. The van der Waals surface area contributed by atoms with Gasteiger partial charge in [0.25, 0.3) is 0 Å². The fraction of sp³-hybridized carbons (Fsp3) is 0.333. The first kappa shape index (κ1) is 8.21. The van der Waals surface area contributed by atoms with E-state index in [1.165, 1.54) is 0 Å². The van der Waals surface area contributed by atoms with Crippen molar-refractivity contribution < 1.29 is 4.74 Å². The van der Waals surface area contributed by atoms with Crippen LogP contribution < -0.4 is 0 Å². The molecule has 1 radical (unpaired) electrons. The molecular weight excluding hydrogens is 138 g/mol. The Hall–Kier alpha value is -0.890. The summed E-state index contributed by atoms with van der Waals surface area (Å²) in [6.45, 7) is 7.00. The van der Waals surface area contributed by atoms with Crippen molar-refractivity contribution in [1.29, 1.82) is 0 Å². The van der Waals surface area contributed by atoms with Gasteiger partial charge in [0.15, 0.2) is 0 Å². The molecule has 0 unspecified atom stereocenters. The maximum Gasteiger partial charge on any atom is 0.0887 e. The van der Waals surface area contributed by atoms with E-state index in [9.17, 15) is 0 Å². The lowest BCUT2D eigenvalue weighted by Crippen LogP contribution is -1.95. The second kappa shape index (κ2) is 4.09. The standard InChI is InChI=1S/C9H12NO/c1-3-11-7-9-6-4-5-8(2)10-9/h4-6H,2-3,7H2,1H3. The molecule has 0 aliphatic heterocycles. The molecule has 1 rings (SSSR count). The molecule has 0 spiro atoms. The van der Waals surface area contributed by atoms with Crippen LogP contribution in [0.5, 0.6) is 0 Å². The number of hydrogen-bond donors (Lipinski definition) is 0. The lowest BCUT2D eigenvalue weighted by Gasteiger charge is -2.00. The molecule has 11 heavy (non-hydrogen) atoms. The number of aromatic nitrogens is 1. The van der Waals surface area contributed by atoms with Gasteiger partial charge in [0.1, 0.15) is 0 Å². The predicted molar refractivity (Wildman–Crippen MR) is 44.0 cm³/mol. The summed E-state index contributed by atoms with van der Waals surface area (Å²) in [5.74, 6) is 0. The Balaban J connectivity index is 2.56. The summed E-state index contributed by atoms with van der Waals surface area (Å²) in [5, 5.41) is 0. The van der Waals surface area contributed by atoms with Gasteiger partial charge in [0, 0.05) is 12.3 Å². The van der Waals surface area contributed by atoms with Gasteiger partial charge in [-0.05, 0) is 26.0 Å². The van der Waals surface area contributed by atoms with Crippen LogP contribution in [0, 0.1) is 6.92 Å². The SMILES string of the molecule is [CH2]c1cccc(COCC)n1. The zero-order valence-electron chi connectivity index (χ0n) is 6.71. The van der Waals surface area contributed by atoms with Crippen LogP contribution >= 0.6 is 0 Å². The Labute approximate surface area is 67.2 Å². The largest absolute Gasteiger partial charge is 0.375 e. The lowest BCUT2D eigenvalue weighted by molar-refractivity contribution is 0.131. The van der Waals surface area contributed by atoms with E-state index in [1.807, 2.05) is 25.1 Å². The molecule has 1 aromatic heterocycles. The van der Waals surface area contributed by atoms with Gasteiger partial charge in [0.05, 0.1) is 12.3 Å². The average Bonchev–Trinajstić information content (AvgIpc) is 2.01. The second-order valence-electron chi connectivity index (χ2n) is 2.26. The van der Waals surface area contributed by atoms with Gasteiger partial charge >= 0.3 is 0 Å². The van der Waals surface area contributed by atoms with Crippen LogP contribution in [-0.4, -0.2) is 11.6 Å². The highest BCUT2D eigenvalue weighted by atomic mass is 16.5. The number of pyridine rings is 1. The van der Waals surface area contributed by atoms with Crippen molar-refractivity contribution in [1.82, 2.24) is 4.98 Å². The molecule has 0 bridgehead atoms. The van der Waals surface area contributed by atoms with Crippen molar-refractivity contribution >= 4 is 0 Å². The molecule has 0 aromatic carbocycles. The molecule has 0 N–H and O–H groups in total. The third-order valence-electron chi connectivity index (χ3n) is 1.32. The zero-order valence-corrected chi connectivity index (χ0v) is 6.71. The normalized spacial score (nSPS) is 10.0. The molecule has 1 aromatic rings. The molecular formula is C9H12NO. The summed E-state index contributed by atoms with van der Waals surface area (Å²) in [6, 6.07) is 5.74. The molecule has 59 valence electrons. The van der Waals surface area contributed by atoms with Crippen LogP contribution in [-0.2, 0) is 11.3 Å². The van der Waals surface area contributed by atoms with Crippen LogP contribution in [0.4, 0.5) is 0 Å². The van der Waals surface area contributed by atoms with Crippen molar-refractivity contribution in [2.45, 2.75) is 13.5 Å². The molecule has 0 aliphatic rings. The number of nitrogens with zero attached hydrogens (tertiary/aromatic N) is 1. The Bertz CT molecular complexity index is 223. The predicted octanol–water partition coefficient (Wildman–Crippen LogP) is 1.80. The van der Waals surface area contributed by atoms with Crippen molar-refractivity contribution in [2.75, 3.05) is 6.61 Å². The van der Waals surface area contributed by atoms with E-state index in [2.05, 4.69) is 11.9 Å². The third kappa shape index (κ3) is 2.68. The highest BCUT2D eigenvalue weighted by Gasteiger charge is 1.92. The fourth-order valence-electron chi connectivity index (χ4n) is 0.816. The first-order chi connectivity index (χ1) is 5.33. The van der Waals surface area contributed by atoms with Crippen LogP contribution in [0.1, 0.15) is 18.3 Å². The van der Waals surface area contributed by atoms with Gasteiger partial charge in [-0.15, -0.1) is 0 Å². The van der Waals surface area contributed by atoms with E-state index >= 15 is 0 Å². The van der Waals surface area contributed by atoms with Crippen molar-refractivity contribution in [2.24, 2.45) is 0 Å². The Morgan fingerprint density at radius 2 is 2.36 bits per heavy atom. The van der Waals surface area contributed by atoms with Crippen LogP contribution in [0.15, 0.2) is 18.2 Å². The van der Waals surface area contributed by atoms with Gasteiger partial charge in [-0.1, -0.05) is 6.07 Å². The van der Waals surface area contributed by atoms with E-state index in [0.717, 1.165) is 18.0 Å². The minimum Gasteiger partial charge on any atom is -0.375 e. The Kier molecular flexibility index (Phi) is 3.05. The average molecular weight is 150 g/mol. The van der Waals surface area contributed by atoms with Crippen LogP contribution in [0.2, 0.25) is 0 Å². The molecule has 2 nitrogen and oxygen atoms in total. The maximum absolute atomic E-state index is 5.18. The van der Waals surface area contributed by atoms with Crippen LogP contribution in [0.25, 0.3) is 0 Å². The van der Waals surface area contributed by atoms with Crippen molar-refractivity contribution in [3.8, 4) is 0 Å². The van der Waals surface area contributed by atoms with Gasteiger partial charge < -0.3 is 4.74 Å². The smallest absolute Gasteiger partial charge is 0.0887 e. The zero-order chi connectivity index (χ0) is 8.10. The molecule has 1 heterocycles. The molecule has 2 heteroatoms. The maximum atomic E-state index is 5.18. The van der Waals surface area contributed by atoms with Crippen molar-refractivity contribution in [3.63, 3.8) is 0 Å². The summed E-state index contributed by atoms with van der Waals surface area (Å²) < 4.78 is 5.18. The highest BCUT2D eigenvalue weighted by Crippen LogP contribution is 1.99. The quantitative estimate of drug-likeness (QED) is 0.655.